The van der Waals surface area contributed by atoms with Crippen LogP contribution in [0.2, 0.25) is 5.02 Å². The third-order valence-corrected chi connectivity index (χ3v) is 5.74. The molecule has 1 unspecified atom stereocenters. The predicted octanol–water partition coefficient (Wildman–Crippen LogP) is 4.69. The highest BCUT2D eigenvalue weighted by Crippen LogP contribution is 2.40. The molecule has 4 rings (SSSR count). The first-order valence-electron chi connectivity index (χ1n) is 9.69. The summed E-state index contributed by atoms with van der Waals surface area (Å²) in [6, 6.07) is 12.3. The number of tetrazole rings is 1. The van der Waals surface area contributed by atoms with Crippen LogP contribution >= 0.6 is 27.5 Å². The number of aromatic nitrogens is 4. The number of benzene rings is 2. The molecule has 3 aromatic rings. The van der Waals surface area contributed by atoms with E-state index in [4.69, 9.17) is 21.1 Å². The number of esters is 1. The van der Waals surface area contributed by atoms with Crippen molar-refractivity contribution in [2.75, 3.05) is 11.9 Å². The van der Waals surface area contributed by atoms with E-state index in [-0.39, 0.29) is 13.2 Å². The van der Waals surface area contributed by atoms with Crippen LogP contribution in [0, 0.1) is 0 Å². The van der Waals surface area contributed by atoms with E-state index in [9.17, 15) is 4.79 Å². The fourth-order valence-electron chi connectivity index (χ4n) is 3.41. The Hall–Kier alpha value is -3.17. The first-order chi connectivity index (χ1) is 15.5. The van der Waals surface area contributed by atoms with Crippen LogP contribution in [-0.4, -0.2) is 32.8 Å². The summed E-state index contributed by atoms with van der Waals surface area (Å²) in [6.45, 7) is 5.71. The zero-order valence-corrected chi connectivity index (χ0v) is 19.4. The fraction of sp³-hybridized carbons (Fsp3) is 0.182. The fourth-order valence-corrected chi connectivity index (χ4v) is 3.98. The van der Waals surface area contributed by atoms with Gasteiger partial charge in [0.15, 0.2) is 0 Å². The molecule has 0 amide bonds. The maximum absolute atomic E-state index is 13.0. The molecular formula is C22H19BrClN5O3. The second-order valence-corrected chi connectivity index (χ2v) is 8.29. The number of nitrogens with one attached hydrogen (secondary N) is 1. The summed E-state index contributed by atoms with van der Waals surface area (Å²) in [5.74, 6) is 0.464. The molecule has 32 heavy (non-hydrogen) atoms. The minimum atomic E-state index is -0.669. The molecule has 10 heteroatoms. The Labute approximate surface area is 198 Å². The minimum Gasteiger partial charge on any atom is -0.488 e. The van der Waals surface area contributed by atoms with Gasteiger partial charge in [-0.25, -0.2) is 4.79 Å². The molecule has 0 bridgehead atoms. The van der Waals surface area contributed by atoms with Crippen LogP contribution in [0.4, 0.5) is 5.95 Å². The van der Waals surface area contributed by atoms with E-state index in [0.717, 1.165) is 10.0 Å². The van der Waals surface area contributed by atoms with Gasteiger partial charge >= 0.3 is 5.97 Å². The zero-order valence-electron chi connectivity index (χ0n) is 17.1. The summed E-state index contributed by atoms with van der Waals surface area (Å²) in [4.78, 5) is 13.0. The molecule has 0 aliphatic carbocycles. The first-order valence-corrected chi connectivity index (χ1v) is 10.9. The lowest BCUT2D eigenvalue weighted by molar-refractivity contribution is -0.138. The van der Waals surface area contributed by atoms with Crippen molar-refractivity contribution >= 4 is 39.4 Å². The number of allylic oxidation sites excluding steroid dienone is 1. The highest BCUT2D eigenvalue weighted by molar-refractivity contribution is 9.10. The van der Waals surface area contributed by atoms with Crippen LogP contribution in [0.3, 0.4) is 0 Å². The predicted molar refractivity (Wildman–Crippen MR) is 123 cm³/mol. The Kier molecular flexibility index (Phi) is 6.57. The quantitative estimate of drug-likeness (QED) is 0.360. The van der Waals surface area contributed by atoms with E-state index in [0.29, 0.717) is 33.6 Å². The van der Waals surface area contributed by atoms with Crippen LogP contribution in [0.5, 0.6) is 5.75 Å². The number of nitrogens with zero attached hydrogens (tertiary/aromatic N) is 4. The molecule has 1 N–H and O–H groups in total. The van der Waals surface area contributed by atoms with E-state index in [1.807, 2.05) is 42.5 Å². The molecule has 0 saturated heterocycles. The number of carbonyl (C=O) groups excluding carboxylic acids is 1. The molecule has 1 atom stereocenters. The topological polar surface area (TPSA) is 91.2 Å². The van der Waals surface area contributed by atoms with Gasteiger partial charge in [0.25, 0.3) is 0 Å². The second kappa shape index (κ2) is 9.54. The molecule has 2 heterocycles. The molecule has 0 spiro atoms. The zero-order chi connectivity index (χ0) is 22.7. The highest BCUT2D eigenvalue weighted by atomic mass is 79.9. The number of hydrogen-bond donors (Lipinski definition) is 1. The van der Waals surface area contributed by atoms with Gasteiger partial charge in [0.2, 0.25) is 5.95 Å². The van der Waals surface area contributed by atoms with Crippen LogP contribution in [0.15, 0.2) is 70.9 Å². The SMILES string of the molecule is C=CCOC(=O)C1=C(C)Nc2nnnn2C1c1cc(Br)ccc1OCc1ccccc1Cl. The molecule has 0 radical (unpaired) electrons. The third-order valence-electron chi connectivity index (χ3n) is 4.87. The molecule has 8 nitrogen and oxygen atoms in total. The van der Waals surface area contributed by atoms with Gasteiger partial charge in [0.1, 0.15) is 25.0 Å². The molecule has 0 fully saturated rings. The van der Waals surface area contributed by atoms with Crippen molar-refractivity contribution < 1.29 is 14.3 Å². The Morgan fingerprint density at radius 1 is 1.34 bits per heavy atom. The minimum absolute atomic E-state index is 0.0825. The standard InChI is InChI=1S/C22H19BrClN5O3/c1-3-10-31-21(30)19-13(2)25-22-26-27-28-29(22)20(19)16-11-15(23)8-9-18(16)32-12-14-6-4-5-7-17(14)24/h3-9,11,20H,1,10,12H2,2H3,(H,25,26,28). The average Bonchev–Trinajstić information content (AvgIpc) is 3.24. The summed E-state index contributed by atoms with van der Waals surface area (Å²) in [7, 11) is 0. The first kappa shape index (κ1) is 22.0. The molecular weight excluding hydrogens is 498 g/mol. The van der Waals surface area contributed by atoms with Crippen LogP contribution in [0.25, 0.3) is 0 Å². The van der Waals surface area contributed by atoms with E-state index >= 15 is 0 Å². The maximum atomic E-state index is 13.0. The molecule has 2 aromatic carbocycles. The Morgan fingerprint density at radius 3 is 2.94 bits per heavy atom. The molecule has 0 saturated carbocycles. The molecule has 1 aromatic heterocycles. The largest absolute Gasteiger partial charge is 0.488 e. The normalized spacial score (nSPS) is 15.0. The monoisotopic (exact) mass is 515 g/mol. The number of ether oxygens (including phenoxy) is 2. The van der Waals surface area contributed by atoms with Crippen molar-refractivity contribution in [3.05, 3.63) is 87.0 Å². The smallest absolute Gasteiger partial charge is 0.338 e. The van der Waals surface area contributed by atoms with Gasteiger partial charge in [-0.1, -0.05) is 63.5 Å². The summed E-state index contributed by atoms with van der Waals surface area (Å²) < 4.78 is 13.8. The summed E-state index contributed by atoms with van der Waals surface area (Å²) >= 11 is 9.80. The van der Waals surface area contributed by atoms with Gasteiger partial charge < -0.3 is 14.8 Å². The summed E-state index contributed by atoms with van der Waals surface area (Å²) in [5, 5.41) is 15.5. The van der Waals surface area contributed by atoms with E-state index in [1.54, 1.807) is 6.92 Å². The lowest BCUT2D eigenvalue weighted by atomic mass is 9.95. The lowest BCUT2D eigenvalue weighted by Crippen LogP contribution is -2.30. The van der Waals surface area contributed by atoms with Crippen molar-refractivity contribution in [1.29, 1.82) is 0 Å². The number of hydrogen-bond acceptors (Lipinski definition) is 7. The summed E-state index contributed by atoms with van der Waals surface area (Å²) in [6.07, 6.45) is 1.51. The van der Waals surface area contributed by atoms with Gasteiger partial charge in [0, 0.05) is 26.3 Å². The van der Waals surface area contributed by atoms with E-state index in [2.05, 4.69) is 43.4 Å². The van der Waals surface area contributed by atoms with Gasteiger partial charge in [0.05, 0.1) is 5.57 Å². The van der Waals surface area contributed by atoms with E-state index in [1.165, 1.54) is 10.8 Å². The third kappa shape index (κ3) is 4.39. The molecule has 1 aliphatic heterocycles. The van der Waals surface area contributed by atoms with Crippen molar-refractivity contribution in [3.63, 3.8) is 0 Å². The van der Waals surface area contributed by atoms with Gasteiger partial charge in [-0.15, -0.1) is 0 Å². The second-order valence-electron chi connectivity index (χ2n) is 6.96. The van der Waals surface area contributed by atoms with Gasteiger partial charge in [-0.05, 0) is 41.6 Å². The number of halogens is 2. The molecule has 164 valence electrons. The van der Waals surface area contributed by atoms with Crippen LogP contribution in [0.1, 0.15) is 24.1 Å². The Balaban J connectivity index is 1.77. The van der Waals surface area contributed by atoms with Crippen molar-refractivity contribution in [2.45, 2.75) is 19.6 Å². The Morgan fingerprint density at radius 2 is 2.16 bits per heavy atom. The average molecular weight is 517 g/mol. The van der Waals surface area contributed by atoms with Crippen LogP contribution in [-0.2, 0) is 16.1 Å². The van der Waals surface area contributed by atoms with Crippen molar-refractivity contribution in [3.8, 4) is 5.75 Å². The number of carbonyl (C=O) groups is 1. The number of fused-ring (bicyclic) bond motifs is 1. The Bertz CT molecular complexity index is 1210. The lowest BCUT2D eigenvalue weighted by Gasteiger charge is -2.28. The number of anilines is 1. The highest BCUT2D eigenvalue weighted by Gasteiger charge is 2.36. The van der Waals surface area contributed by atoms with Crippen molar-refractivity contribution in [1.82, 2.24) is 20.2 Å². The van der Waals surface area contributed by atoms with Crippen LogP contribution < -0.4 is 10.1 Å². The maximum Gasteiger partial charge on any atom is 0.338 e. The van der Waals surface area contributed by atoms with Crippen molar-refractivity contribution in [2.24, 2.45) is 0 Å². The van der Waals surface area contributed by atoms with E-state index < -0.39 is 12.0 Å². The summed E-state index contributed by atoms with van der Waals surface area (Å²) in [5.41, 5.74) is 2.48. The number of rotatable bonds is 7. The van der Waals surface area contributed by atoms with Gasteiger partial charge in [-0.2, -0.15) is 4.68 Å². The van der Waals surface area contributed by atoms with Gasteiger partial charge in [-0.3, -0.25) is 0 Å². The molecule has 1 aliphatic rings.